The second kappa shape index (κ2) is 8.14. The molecule has 0 atom stereocenters. The Balaban J connectivity index is 1.80. The van der Waals surface area contributed by atoms with E-state index in [0.29, 0.717) is 12.1 Å². The van der Waals surface area contributed by atoms with E-state index in [4.69, 9.17) is 0 Å². The molecule has 0 spiro atoms. The lowest BCUT2D eigenvalue weighted by Crippen LogP contribution is -2.23. The van der Waals surface area contributed by atoms with Crippen LogP contribution in [0.1, 0.15) is 20.8 Å². The minimum Gasteiger partial charge on any atom is -0.355 e. The van der Waals surface area contributed by atoms with Crippen molar-refractivity contribution in [1.82, 2.24) is 10.6 Å². The number of nitrogens with one attached hydrogen (secondary N) is 2. The number of rotatable bonds is 6. The van der Waals surface area contributed by atoms with Crippen LogP contribution in [-0.2, 0) is 11.2 Å². The van der Waals surface area contributed by atoms with Gasteiger partial charge in [-0.15, -0.1) is 11.3 Å². The zero-order valence-electron chi connectivity index (χ0n) is 12.3. The summed E-state index contributed by atoms with van der Waals surface area (Å²) >= 11 is 1.69. The van der Waals surface area contributed by atoms with Crippen LogP contribution in [0.5, 0.6) is 0 Å². The van der Waals surface area contributed by atoms with E-state index in [1.165, 1.54) is 11.0 Å². The highest BCUT2D eigenvalue weighted by Crippen LogP contribution is 2.08. The number of carbonyl (C=O) groups excluding carboxylic acids is 2. The van der Waals surface area contributed by atoms with E-state index < -0.39 is 0 Å². The third-order valence-electron chi connectivity index (χ3n) is 3.08. The molecule has 114 valence electrons. The molecular weight excluding hydrogens is 296 g/mol. The summed E-state index contributed by atoms with van der Waals surface area (Å²) in [5.74, 6) is -0.242. The fraction of sp³-hybridized carbons (Fsp3) is 0.176. The highest BCUT2D eigenvalue weighted by molar-refractivity contribution is 7.09. The van der Waals surface area contributed by atoms with Crippen LogP contribution in [-0.4, -0.2) is 25.4 Å². The molecule has 22 heavy (non-hydrogen) atoms. The first kappa shape index (κ1) is 16.0. The van der Waals surface area contributed by atoms with Crippen LogP contribution in [0.15, 0.2) is 47.9 Å². The SMILES string of the molecule is CNC(=O)c1ccc(/C=C/C(=O)NCCc2cccs2)cc1. The number of benzene rings is 1. The van der Waals surface area contributed by atoms with Crippen molar-refractivity contribution in [2.75, 3.05) is 13.6 Å². The third kappa shape index (κ3) is 4.86. The van der Waals surface area contributed by atoms with Crippen molar-refractivity contribution in [3.05, 3.63) is 63.9 Å². The zero-order valence-corrected chi connectivity index (χ0v) is 13.2. The number of amides is 2. The van der Waals surface area contributed by atoms with Crippen LogP contribution in [0.2, 0.25) is 0 Å². The van der Waals surface area contributed by atoms with Crippen molar-refractivity contribution in [3.63, 3.8) is 0 Å². The predicted molar refractivity (Wildman–Crippen MR) is 89.9 cm³/mol. The first-order valence-electron chi connectivity index (χ1n) is 6.99. The Kier molecular flexibility index (Phi) is 5.91. The molecule has 0 radical (unpaired) electrons. The first-order valence-corrected chi connectivity index (χ1v) is 7.87. The van der Waals surface area contributed by atoms with Gasteiger partial charge < -0.3 is 10.6 Å². The fourth-order valence-electron chi connectivity index (χ4n) is 1.88. The Bertz CT molecular complexity index is 646. The molecule has 2 aromatic rings. The lowest BCUT2D eigenvalue weighted by atomic mass is 10.1. The van der Waals surface area contributed by atoms with Crippen molar-refractivity contribution < 1.29 is 9.59 Å². The van der Waals surface area contributed by atoms with Gasteiger partial charge in [-0.2, -0.15) is 0 Å². The summed E-state index contributed by atoms with van der Waals surface area (Å²) in [6, 6.07) is 11.1. The Morgan fingerprint density at radius 3 is 2.59 bits per heavy atom. The summed E-state index contributed by atoms with van der Waals surface area (Å²) in [6.45, 7) is 0.624. The van der Waals surface area contributed by atoms with Crippen molar-refractivity contribution >= 4 is 29.2 Å². The standard InChI is InChI=1S/C17H18N2O2S/c1-18-17(21)14-7-4-13(5-8-14)6-9-16(20)19-11-10-15-3-2-12-22-15/h2-9,12H,10-11H2,1H3,(H,18,21)(H,19,20)/b9-6+. The average Bonchev–Trinajstić information content (AvgIpc) is 3.06. The highest BCUT2D eigenvalue weighted by atomic mass is 32.1. The Hall–Kier alpha value is -2.40. The van der Waals surface area contributed by atoms with Gasteiger partial charge in [0.25, 0.3) is 5.91 Å². The van der Waals surface area contributed by atoms with Gasteiger partial charge in [0.1, 0.15) is 0 Å². The summed E-state index contributed by atoms with van der Waals surface area (Å²) in [5.41, 5.74) is 1.47. The molecule has 5 heteroatoms. The molecule has 1 aromatic carbocycles. The van der Waals surface area contributed by atoms with Crippen LogP contribution in [0.4, 0.5) is 0 Å². The van der Waals surface area contributed by atoms with Gasteiger partial charge in [0.15, 0.2) is 0 Å². The second-order valence-electron chi connectivity index (χ2n) is 4.65. The molecule has 4 nitrogen and oxygen atoms in total. The summed E-state index contributed by atoms with van der Waals surface area (Å²) in [6.07, 6.45) is 4.08. The molecule has 0 saturated carbocycles. The monoisotopic (exact) mass is 314 g/mol. The fourth-order valence-corrected chi connectivity index (χ4v) is 2.59. The van der Waals surface area contributed by atoms with Crippen LogP contribution in [0.3, 0.4) is 0 Å². The third-order valence-corrected chi connectivity index (χ3v) is 4.01. The highest BCUT2D eigenvalue weighted by Gasteiger charge is 2.01. The van der Waals surface area contributed by atoms with Crippen molar-refractivity contribution in [2.45, 2.75) is 6.42 Å². The summed E-state index contributed by atoms with van der Waals surface area (Å²) < 4.78 is 0. The van der Waals surface area contributed by atoms with Crippen molar-refractivity contribution in [2.24, 2.45) is 0 Å². The number of hydrogen-bond acceptors (Lipinski definition) is 3. The molecule has 0 aliphatic heterocycles. The molecule has 0 unspecified atom stereocenters. The molecule has 2 N–H and O–H groups in total. The van der Waals surface area contributed by atoms with Gasteiger partial charge in [-0.1, -0.05) is 18.2 Å². The predicted octanol–water partition coefficient (Wildman–Crippen LogP) is 2.48. The molecule has 2 rings (SSSR count). The van der Waals surface area contributed by atoms with Gasteiger partial charge in [-0.3, -0.25) is 9.59 Å². The number of carbonyl (C=O) groups is 2. The maximum atomic E-state index is 11.7. The van der Waals surface area contributed by atoms with E-state index in [1.807, 2.05) is 11.4 Å². The molecule has 0 bridgehead atoms. The first-order chi connectivity index (χ1) is 10.7. The molecule has 0 aliphatic carbocycles. The van der Waals surface area contributed by atoms with Gasteiger partial charge in [-0.05, 0) is 41.6 Å². The van der Waals surface area contributed by atoms with Crippen LogP contribution >= 0.6 is 11.3 Å². The minimum atomic E-state index is -0.123. The van der Waals surface area contributed by atoms with E-state index in [0.717, 1.165) is 12.0 Å². The zero-order chi connectivity index (χ0) is 15.8. The van der Waals surface area contributed by atoms with Crippen molar-refractivity contribution in [3.8, 4) is 0 Å². The lowest BCUT2D eigenvalue weighted by molar-refractivity contribution is -0.116. The summed E-state index contributed by atoms with van der Waals surface area (Å²) in [4.78, 5) is 24.4. The maximum absolute atomic E-state index is 11.7. The molecule has 0 aliphatic rings. The van der Waals surface area contributed by atoms with E-state index in [1.54, 1.807) is 48.7 Å². The molecular formula is C17H18N2O2S. The number of hydrogen-bond donors (Lipinski definition) is 2. The second-order valence-corrected chi connectivity index (χ2v) is 5.69. The Morgan fingerprint density at radius 2 is 1.95 bits per heavy atom. The molecule has 0 saturated heterocycles. The van der Waals surface area contributed by atoms with Crippen LogP contribution in [0, 0.1) is 0 Å². The van der Waals surface area contributed by atoms with Crippen molar-refractivity contribution in [1.29, 1.82) is 0 Å². The van der Waals surface area contributed by atoms with Gasteiger partial charge in [-0.25, -0.2) is 0 Å². The van der Waals surface area contributed by atoms with Gasteiger partial charge in [0.2, 0.25) is 5.91 Å². The normalized spacial score (nSPS) is 10.6. The summed E-state index contributed by atoms with van der Waals surface area (Å²) in [7, 11) is 1.59. The van der Waals surface area contributed by atoms with E-state index >= 15 is 0 Å². The molecule has 2 amide bonds. The Morgan fingerprint density at radius 1 is 1.18 bits per heavy atom. The summed E-state index contributed by atoms with van der Waals surface area (Å²) in [5, 5.41) is 7.44. The van der Waals surface area contributed by atoms with Gasteiger partial charge >= 0.3 is 0 Å². The molecule has 1 heterocycles. The largest absolute Gasteiger partial charge is 0.355 e. The Labute approximate surface area is 133 Å². The minimum absolute atomic E-state index is 0.119. The number of thiophene rings is 1. The van der Waals surface area contributed by atoms with E-state index in [2.05, 4.69) is 16.7 Å². The topological polar surface area (TPSA) is 58.2 Å². The van der Waals surface area contributed by atoms with E-state index in [9.17, 15) is 9.59 Å². The quantitative estimate of drug-likeness (QED) is 0.805. The maximum Gasteiger partial charge on any atom is 0.251 e. The smallest absolute Gasteiger partial charge is 0.251 e. The van der Waals surface area contributed by atoms with Gasteiger partial charge in [0, 0.05) is 30.1 Å². The van der Waals surface area contributed by atoms with Gasteiger partial charge in [0.05, 0.1) is 0 Å². The van der Waals surface area contributed by atoms with E-state index in [-0.39, 0.29) is 11.8 Å². The van der Waals surface area contributed by atoms with Crippen LogP contribution in [0.25, 0.3) is 6.08 Å². The molecule has 0 fully saturated rings. The average molecular weight is 314 g/mol. The van der Waals surface area contributed by atoms with Crippen LogP contribution < -0.4 is 10.6 Å². The molecule has 1 aromatic heterocycles. The lowest BCUT2D eigenvalue weighted by Gasteiger charge is -2.01.